The van der Waals surface area contributed by atoms with Crippen molar-refractivity contribution < 1.29 is 9.90 Å². The fraction of sp³-hybridized carbons (Fsp3) is 0.533. The van der Waals surface area contributed by atoms with Crippen LogP contribution in [0.4, 0.5) is 0 Å². The highest BCUT2D eigenvalue weighted by Gasteiger charge is 2.40. The lowest BCUT2D eigenvalue weighted by Crippen LogP contribution is -2.52. The fourth-order valence-corrected chi connectivity index (χ4v) is 2.42. The molecule has 1 heterocycles. The maximum atomic E-state index is 12.5. The summed E-state index contributed by atoms with van der Waals surface area (Å²) in [6.45, 7) is 5.25. The molecule has 2 unspecified atom stereocenters. The number of rotatable bonds is 4. The molecule has 104 valence electrons. The predicted octanol–water partition coefficient (Wildman–Crippen LogP) is 1.01. The zero-order chi connectivity index (χ0) is 13.9. The molecule has 0 radical (unpaired) electrons. The average molecular weight is 262 g/mol. The van der Waals surface area contributed by atoms with Gasteiger partial charge in [-0.2, -0.15) is 0 Å². The molecule has 2 rings (SSSR count). The number of aliphatic hydroxyl groups excluding tert-OH is 1. The third kappa shape index (κ3) is 2.80. The first-order valence-corrected chi connectivity index (χ1v) is 6.70. The Morgan fingerprint density at radius 2 is 2.16 bits per heavy atom. The van der Waals surface area contributed by atoms with Gasteiger partial charge >= 0.3 is 0 Å². The van der Waals surface area contributed by atoms with E-state index in [-0.39, 0.29) is 17.9 Å². The molecule has 19 heavy (non-hydrogen) atoms. The zero-order valence-electron chi connectivity index (χ0n) is 11.6. The molecule has 1 aromatic carbocycles. The van der Waals surface area contributed by atoms with Gasteiger partial charge in [0.1, 0.15) is 0 Å². The van der Waals surface area contributed by atoms with Gasteiger partial charge in [-0.3, -0.25) is 4.79 Å². The summed E-state index contributed by atoms with van der Waals surface area (Å²) in [6, 6.07) is 9.59. The third-order valence-electron chi connectivity index (χ3n) is 4.03. The van der Waals surface area contributed by atoms with Crippen molar-refractivity contribution >= 4 is 5.91 Å². The molecule has 0 saturated carbocycles. The van der Waals surface area contributed by atoms with Gasteiger partial charge < -0.3 is 15.7 Å². The molecule has 4 heteroatoms. The van der Waals surface area contributed by atoms with E-state index in [1.54, 1.807) is 0 Å². The standard InChI is InChI=1S/C15H22N2O2/c1-14(8-9-16-10-14)13(19)17-15(2,11-18)12-6-4-3-5-7-12/h3-7,16,18H,8-11H2,1-2H3,(H,17,19). The van der Waals surface area contributed by atoms with E-state index in [9.17, 15) is 9.90 Å². The van der Waals surface area contributed by atoms with Crippen LogP contribution in [0.3, 0.4) is 0 Å². The number of hydrogen-bond donors (Lipinski definition) is 3. The molecular weight excluding hydrogens is 240 g/mol. The molecule has 0 bridgehead atoms. The summed E-state index contributed by atoms with van der Waals surface area (Å²) < 4.78 is 0. The first-order valence-electron chi connectivity index (χ1n) is 6.70. The van der Waals surface area contributed by atoms with Crippen molar-refractivity contribution in [2.75, 3.05) is 19.7 Å². The third-order valence-corrected chi connectivity index (χ3v) is 4.03. The summed E-state index contributed by atoms with van der Waals surface area (Å²) in [5, 5.41) is 15.9. The topological polar surface area (TPSA) is 61.4 Å². The molecule has 3 N–H and O–H groups in total. The Hall–Kier alpha value is -1.39. The van der Waals surface area contributed by atoms with Crippen molar-refractivity contribution in [3.63, 3.8) is 0 Å². The van der Waals surface area contributed by atoms with E-state index in [0.29, 0.717) is 6.54 Å². The minimum Gasteiger partial charge on any atom is -0.394 e. The van der Waals surface area contributed by atoms with Gasteiger partial charge in [0.25, 0.3) is 0 Å². The lowest BCUT2D eigenvalue weighted by Gasteiger charge is -2.33. The average Bonchev–Trinajstić information content (AvgIpc) is 2.88. The van der Waals surface area contributed by atoms with E-state index in [4.69, 9.17) is 0 Å². The van der Waals surface area contributed by atoms with Crippen molar-refractivity contribution in [1.29, 1.82) is 0 Å². The second-order valence-corrected chi connectivity index (χ2v) is 5.80. The molecule has 1 aliphatic rings. The van der Waals surface area contributed by atoms with Crippen LogP contribution in [0.2, 0.25) is 0 Å². The Balaban J connectivity index is 2.17. The molecule has 0 aliphatic carbocycles. The highest BCUT2D eigenvalue weighted by Crippen LogP contribution is 2.28. The second kappa shape index (κ2) is 5.31. The summed E-state index contributed by atoms with van der Waals surface area (Å²) in [5.41, 5.74) is -0.199. The number of hydrogen-bond acceptors (Lipinski definition) is 3. The molecule has 2 atom stereocenters. The normalized spacial score (nSPS) is 25.8. The van der Waals surface area contributed by atoms with Gasteiger partial charge in [0, 0.05) is 6.54 Å². The van der Waals surface area contributed by atoms with Gasteiger partial charge in [0.05, 0.1) is 17.6 Å². The van der Waals surface area contributed by atoms with Crippen LogP contribution in [0.5, 0.6) is 0 Å². The minimum atomic E-state index is -0.732. The fourth-order valence-electron chi connectivity index (χ4n) is 2.42. The molecule has 1 fully saturated rings. The Morgan fingerprint density at radius 1 is 1.47 bits per heavy atom. The largest absolute Gasteiger partial charge is 0.394 e. The van der Waals surface area contributed by atoms with Crippen molar-refractivity contribution in [1.82, 2.24) is 10.6 Å². The SMILES string of the molecule is CC1(C(=O)NC(C)(CO)c2ccccc2)CCNC1. The Kier molecular flexibility index (Phi) is 3.92. The van der Waals surface area contributed by atoms with Gasteiger partial charge in [0.15, 0.2) is 0 Å². The van der Waals surface area contributed by atoms with Crippen LogP contribution in [-0.4, -0.2) is 30.7 Å². The van der Waals surface area contributed by atoms with E-state index in [1.165, 1.54) is 0 Å². The minimum absolute atomic E-state index is 0.00194. The number of carbonyl (C=O) groups is 1. The molecule has 0 aromatic heterocycles. The molecule has 1 aromatic rings. The number of nitrogens with one attached hydrogen (secondary N) is 2. The summed E-state index contributed by atoms with van der Waals surface area (Å²) in [6.07, 6.45) is 0.829. The highest BCUT2D eigenvalue weighted by atomic mass is 16.3. The molecule has 1 aliphatic heterocycles. The van der Waals surface area contributed by atoms with Crippen molar-refractivity contribution in [3.05, 3.63) is 35.9 Å². The lowest BCUT2D eigenvalue weighted by molar-refractivity contribution is -0.131. The van der Waals surface area contributed by atoms with Crippen LogP contribution >= 0.6 is 0 Å². The zero-order valence-corrected chi connectivity index (χ0v) is 11.6. The van der Waals surface area contributed by atoms with Crippen LogP contribution in [0.1, 0.15) is 25.8 Å². The van der Waals surface area contributed by atoms with E-state index >= 15 is 0 Å². The molecule has 1 saturated heterocycles. The van der Waals surface area contributed by atoms with Gasteiger partial charge in [-0.25, -0.2) is 0 Å². The molecule has 1 amide bonds. The van der Waals surface area contributed by atoms with Crippen LogP contribution in [0, 0.1) is 5.41 Å². The van der Waals surface area contributed by atoms with Gasteiger partial charge in [-0.15, -0.1) is 0 Å². The van der Waals surface area contributed by atoms with Gasteiger partial charge in [0.2, 0.25) is 5.91 Å². The van der Waals surface area contributed by atoms with Crippen LogP contribution in [0.25, 0.3) is 0 Å². The summed E-state index contributed by atoms with van der Waals surface area (Å²) >= 11 is 0. The van der Waals surface area contributed by atoms with E-state index in [0.717, 1.165) is 18.5 Å². The number of carbonyl (C=O) groups excluding carboxylic acids is 1. The Labute approximate surface area is 114 Å². The molecule has 4 nitrogen and oxygen atoms in total. The van der Waals surface area contributed by atoms with Crippen LogP contribution < -0.4 is 10.6 Å². The second-order valence-electron chi connectivity index (χ2n) is 5.80. The molecule has 0 spiro atoms. The van der Waals surface area contributed by atoms with Gasteiger partial charge in [-0.05, 0) is 32.4 Å². The Morgan fingerprint density at radius 3 is 2.68 bits per heavy atom. The number of benzene rings is 1. The lowest BCUT2D eigenvalue weighted by atomic mass is 9.85. The summed E-state index contributed by atoms with van der Waals surface area (Å²) in [4.78, 5) is 12.5. The predicted molar refractivity (Wildman–Crippen MR) is 74.6 cm³/mol. The van der Waals surface area contributed by atoms with Crippen LogP contribution in [-0.2, 0) is 10.3 Å². The maximum absolute atomic E-state index is 12.5. The number of aliphatic hydroxyl groups is 1. The van der Waals surface area contributed by atoms with Crippen molar-refractivity contribution in [2.45, 2.75) is 25.8 Å². The van der Waals surface area contributed by atoms with Crippen molar-refractivity contribution in [2.24, 2.45) is 5.41 Å². The maximum Gasteiger partial charge on any atom is 0.228 e. The summed E-state index contributed by atoms with van der Waals surface area (Å²) in [5.74, 6) is -0.00194. The van der Waals surface area contributed by atoms with E-state index in [1.807, 2.05) is 44.2 Å². The quantitative estimate of drug-likeness (QED) is 0.759. The number of amides is 1. The van der Waals surface area contributed by atoms with E-state index in [2.05, 4.69) is 10.6 Å². The molecular formula is C15H22N2O2. The Bertz CT molecular complexity index is 441. The van der Waals surface area contributed by atoms with E-state index < -0.39 is 5.54 Å². The first-order chi connectivity index (χ1) is 9.00. The van der Waals surface area contributed by atoms with Crippen molar-refractivity contribution in [3.8, 4) is 0 Å². The monoisotopic (exact) mass is 262 g/mol. The smallest absolute Gasteiger partial charge is 0.228 e. The van der Waals surface area contributed by atoms with Gasteiger partial charge in [-0.1, -0.05) is 30.3 Å². The first kappa shape index (κ1) is 14.0. The highest BCUT2D eigenvalue weighted by molar-refractivity contribution is 5.83. The van der Waals surface area contributed by atoms with Crippen LogP contribution in [0.15, 0.2) is 30.3 Å². The summed E-state index contributed by atoms with van der Waals surface area (Å²) in [7, 11) is 0.